The van der Waals surface area contributed by atoms with Crippen molar-refractivity contribution < 1.29 is 37.0 Å². The molecule has 0 aliphatic heterocycles. The van der Waals surface area contributed by atoms with Gasteiger partial charge in [-0.1, -0.05) is 18.2 Å². The van der Waals surface area contributed by atoms with E-state index in [1.165, 1.54) is 35.6 Å². The lowest BCUT2D eigenvalue weighted by Crippen LogP contribution is -2.21. The van der Waals surface area contributed by atoms with Crippen LogP contribution in [0.3, 0.4) is 0 Å². The highest BCUT2D eigenvalue weighted by Gasteiger charge is 2.30. The first-order valence-electron chi connectivity index (χ1n) is 9.28. The Kier molecular flexibility index (Phi) is 7.88. The third-order valence-electron chi connectivity index (χ3n) is 4.12. The number of hydrogen-bond acceptors (Lipinski definition) is 6. The summed E-state index contributed by atoms with van der Waals surface area (Å²) in [5.41, 5.74) is -0.965. The summed E-state index contributed by atoms with van der Waals surface area (Å²) in [5.74, 6) is -1.91. The zero-order valence-corrected chi connectivity index (χ0v) is 19.1. The number of benzene rings is 2. The molecule has 0 saturated carbocycles. The minimum Gasteiger partial charge on any atom is -0.483 e. The number of carbonyl (C=O) groups excluding carboxylic acids is 3. The van der Waals surface area contributed by atoms with Gasteiger partial charge in [0.2, 0.25) is 5.78 Å². The number of alkyl halides is 3. The molecule has 3 rings (SSSR count). The number of ketones is 1. The highest BCUT2D eigenvalue weighted by molar-refractivity contribution is 9.11. The van der Waals surface area contributed by atoms with E-state index in [1.54, 1.807) is 24.3 Å². The van der Waals surface area contributed by atoms with E-state index >= 15 is 0 Å². The maximum absolute atomic E-state index is 12.8. The van der Waals surface area contributed by atoms with Crippen LogP contribution in [-0.4, -0.2) is 30.9 Å². The van der Waals surface area contributed by atoms with Crippen LogP contribution in [0.15, 0.2) is 64.5 Å². The Balaban J connectivity index is 1.58. The summed E-state index contributed by atoms with van der Waals surface area (Å²) in [6.07, 6.45) is -4.54. The number of amides is 1. The number of thiophene rings is 1. The molecule has 6 nitrogen and oxygen atoms in total. The summed E-state index contributed by atoms with van der Waals surface area (Å²) in [5, 5.41) is 2.31. The lowest BCUT2D eigenvalue weighted by molar-refractivity contribution is -0.137. The molecule has 1 heterocycles. The maximum atomic E-state index is 12.8. The van der Waals surface area contributed by atoms with E-state index in [4.69, 9.17) is 9.47 Å². The van der Waals surface area contributed by atoms with Crippen LogP contribution < -0.4 is 10.1 Å². The van der Waals surface area contributed by atoms with Crippen molar-refractivity contribution in [2.75, 3.05) is 18.5 Å². The molecular weight excluding hydrogens is 527 g/mol. The number of rotatable bonds is 8. The van der Waals surface area contributed by atoms with Crippen molar-refractivity contribution >= 4 is 50.6 Å². The highest BCUT2D eigenvalue weighted by atomic mass is 79.9. The fourth-order valence-electron chi connectivity index (χ4n) is 2.62. The van der Waals surface area contributed by atoms with E-state index in [0.717, 1.165) is 15.9 Å². The van der Waals surface area contributed by atoms with Crippen molar-refractivity contribution in [1.29, 1.82) is 0 Å². The summed E-state index contributed by atoms with van der Waals surface area (Å²) >= 11 is 4.45. The van der Waals surface area contributed by atoms with Crippen molar-refractivity contribution in [3.8, 4) is 5.75 Å². The van der Waals surface area contributed by atoms with E-state index < -0.39 is 36.8 Å². The SMILES string of the molecule is O=C(COc1ccccc1C(=O)OCC(=O)c1ccc(Br)s1)Nc1cccc(C(F)(F)F)c1. The normalized spacial score (nSPS) is 11.0. The Labute approximate surface area is 198 Å². The molecule has 172 valence electrons. The molecular formula is C22H15BrF3NO5S. The van der Waals surface area contributed by atoms with Gasteiger partial charge in [-0.2, -0.15) is 13.2 Å². The monoisotopic (exact) mass is 541 g/mol. The highest BCUT2D eigenvalue weighted by Crippen LogP contribution is 2.30. The minimum atomic E-state index is -4.54. The third kappa shape index (κ3) is 6.90. The van der Waals surface area contributed by atoms with E-state index in [9.17, 15) is 27.6 Å². The molecule has 0 aliphatic carbocycles. The second kappa shape index (κ2) is 10.6. The van der Waals surface area contributed by atoms with Gasteiger partial charge < -0.3 is 14.8 Å². The van der Waals surface area contributed by atoms with E-state index in [-0.39, 0.29) is 22.8 Å². The van der Waals surface area contributed by atoms with Gasteiger partial charge >= 0.3 is 12.1 Å². The largest absolute Gasteiger partial charge is 0.483 e. The van der Waals surface area contributed by atoms with Crippen molar-refractivity contribution in [2.24, 2.45) is 0 Å². The molecule has 11 heteroatoms. The first-order chi connectivity index (χ1) is 15.6. The molecule has 0 fully saturated rings. The van der Waals surface area contributed by atoms with E-state index in [1.807, 2.05) is 0 Å². The van der Waals surface area contributed by atoms with Crippen molar-refractivity contribution in [3.63, 3.8) is 0 Å². The molecule has 1 amide bonds. The van der Waals surface area contributed by atoms with Gasteiger partial charge in [-0.25, -0.2) is 4.79 Å². The molecule has 3 aromatic rings. The number of para-hydroxylation sites is 1. The van der Waals surface area contributed by atoms with Crippen LogP contribution in [0.2, 0.25) is 0 Å². The van der Waals surface area contributed by atoms with Crippen molar-refractivity contribution in [2.45, 2.75) is 6.18 Å². The van der Waals surface area contributed by atoms with E-state index in [2.05, 4.69) is 21.2 Å². The lowest BCUT2D eigenvalue weighted by Gasteiger charge is -2.12. The maximum Gasteiger partial charge on any atom is 0.416 e. The third-order valence-corrected chi connectivity index (χ3v) is 5.79. The van der Waals surface area contributed by atoms with Crippen LogP contribution in [0, 0.1) is 0 Å². The second-order valence-corrected chi connectivity index (χ2v) is 8.98. The summed E-state index contributed by atoms with van der Waals surface area (Å²) in [7, 11) is 0. The number of ether oxygens (including phenoxy) is 2. The fraction of sp³-hybridized carbons (Fsp3) is 0.136. The predicted molar refractivity (Wildman–Crippen MR) is 119 cm³/mol. The smallest absolute Gasteiger partial charge is 0.416 e. The second-order valence-electron chi connectivity index (χ2n) is 6.51. The first-order valence-corrected chi connectivity index (χ1v) is 10.9. The van der Waals surface area contributed by atoms with Crippen molar-refractivity contribution in [1.82, 2.24) is 0 Å². The van der Waals surface area contributed by atoms with Gasteiger partial charge in [0, 0.05) is 5.69 Å². The minimum absolute atomic E-state index is 0.00970. The molecule has 1 aromatic heterocycles. The van der Waals surface area contributed by atoms with Gasteiger partial charge in [0.05, 0.1) is 14.2 Å². The number of Topliss-reactive ketones (excluding diaryl/α,β-unsaturated/α-hetero) is 1. The lowest BCUT2D eigenvalue weighted by atomic mass is 10.2. The number of carbonyl (C=O) groups is 3. The quantitative estimate of drug-likeness (QED) is 0.297. The Morgan fingerprint density at radius 1 is 0.970 bits per heavy atom. The summed E-state index contributed by atoms with van der Waals surface area (Å²) in [4.78, 5) is 37.1. The van der Waals surface area contributed by atoms with Crippen LogP contribution >= 0.6 is 27.3 Å². The van der Waals surface area contributed by atoms with Gasteiger partial charge in [-0.05, 0) is 58.4 Å². The van der Waals surface area contributed by atoms with E-state index in [0.29, 0.717) is 4.88 Å². The zero-order chi connectivity index (χ0) is 24.0. The van der Waals surface area contributed by atoms with Crippen LogP contribution in [0.25, 0.3) is 0 Å². The van der Waals surface area contributed by atoms with Crippen LogP contribution in [0.1, 0.15) is 25.6 Å². The number of nitrogens with one attached hydrogen (secondary N) is 1. The van der Waals surface area contributed by atoms with Gasteiger partial charge in [-0.3, -0.25) is 9.59 Å². The fourth-order valence-corrected chi connectivity index (χ4v) is 3.93. The number of anilines is 1. The number of esters is 1. The molecule has 0 spiro atoms. The summed E-state index contributed by atoms with van der Waals surface area (Å²) in [6.45, 7) is -1.04. The molecule has 1 N–H and O–H groups in total. The Morgan fingerprint density at radius 3 is 2.42 bits per heavy atom. The van der Waals surface area contributed by atoms with Gasteiger partial charge in [-0.15, -0.1) is 11.3 Å². The first kappa shape index (κ1) is 24.5. The molecule has 2 aromatic carbocycles. The Morgan fingerprint density at radius 2 is 1.73 bits per heavy atom. The average molecular weight is 542 g/mol. The van der Waals surface area contributed by atoms with Gasteiger partial charge in [0.1, 0.15) is 11.3 Å². The summed E-state index contributed by atoms with van der Waals surface area (Å²) < 4.78 is 49.6. The van der Waals surface area contributed by atoms with Gasteiger partial charge in [0.25, 0.3) is 5.91 Å². The zero-order valence-electron chi connectivity index (χ0n) is 16.6. The molecule has 0 bridgehead atoms. The average Bonchev–Trinajstić information content (AvgIpc) is 3.22. The molecule has 0 unspecified atom stereocenters. The molecule has 33 heavy (non-hydrogen) atoms. The van der Waals surface area contributed by atoms with Crippen molar-refractivity contribution in [3.05, 3.63) is 80.5 Å². The number of halogens is 4. The molecule has 0 saturated heterocycles. The summed E-state index contributed by atoms with van der Waals surface area (Å²) in [6, 6.07) is 13.4. The Bertz CT molecular complexity index is 1180. The topological polar surface area (TPSA) is 81.7 Å². The van der Waals surface area contributed by atoms with Crippen LogP contribution in [-0.2, 0) is 15.7 Å². The van der Waals surface area contributed by atoms with Gasteiger partial charge in [0.15, 0.2) is 13.2 Å². The standard InChI is InChI=1S/C22H15BrF3NO5S/c23-19-9-8-18(33-19)16(28)11-32-21(30)15-6-1-2-7-17(15)31-12-20(29)27-14-5-3-4-13(10-14)22(24,25)26/h1-10H,11-12H2,(H,27,29). The molecule has 0 aliphatic rings. The van der Waals surface area contributed by atoms with Crippen LogP contribution in [0.5, 0.6) is 5.75 Å². The molecule has 0 radical (unpaired) electrons. The van der Waals surface area contributed by atoms with Crippen LogP contribution in [0.4, 0.5) is 18.9 Å². The number of hydrogen-bond donors (Lipinski definition) is 1. The molecule has 0 atom stereocenters. The Hall–Kier alpha value is -3.18. The predicted octanol–water partition coefficient (Wildman–Crippen LogP) is 5.59.